The Balaban J connectivity index is 1.14. The van der Waals surface area contributed by atoms with Crippen molar-refractivity contribution in [1.82, 2.24) is 20.2 Å². The molecule has 5 heterocycles. The molecule has 3 aromatic heterocycles. The zero-order valence-electron chi connectivity index (χ0n) is 35.5. The van der Waals surface area contributed by atoms with E-state index in [1.54, 1.807) is 13.0 Å². The molecule has 17 nitrogen and oxygen atoms in total. The number of aromatic nitrogens is 2. The third kappa shape index (κ3) is 7.79. The van der Waals surface area contributed by atoms with E-state index in [-0.39, 0.29) is 47.0 Å². The molecule has 10 N–H and O–H groups in total. The summed E-state index contributed by atoms with van der Waals surface area (Å²) in [6.07, 6.45) is 0.754. The molecule has 9 atom stereocenters. The van der Waals surface area contributed by atoms with Gasteiger partial charge in [0, 0.05) is 79.3 Å². The summed E-state index contributed by atoms with van der Waals surface area (Å²) in [5, 5.41) is 84.3. The monoisotopic (exact) mass is 882 g/mol. The molecule has 1 spiro atoms. The summed E-state index contributed by atoms with van der Waals surface area (Å²) in [5.74, 6) is 0.497. The number of benzene rings is 3. The number of aromatic hydroxyl groups is 2. The van der Waals surface area contributed by atoms with Crippen molar-refractivity contribution < 1.29 is 59.5 Å². The highest BCUT2D eigenvalue weighted by Crippen LogP contribution is 2.53. The molecule has 1 saturated carbocycles. The maximum atomic E-state index is 13.7. The van der Waals surface area contributed by atoms with Gasteiger partial charge in [0.1, 0.15) is 65.2 Å². The van der Waals surface area contributed by atoms with Gasteiger partial charge in [-0.3, -0.25) is 9.59 Å². The zero-order valence-corrected chi connectivity index (χ0v) is 35.5. The fourth-order valence-corrected chi connectivity index (χ4v) is 10.4. The fraction of sp³-hybridized carbons (Fsp3) is 0.447. The van der Waals surface area contributed by atoms with Crippen LogP contribution in [0.25, 0.3) is 38.3 Å². The van der Waals surface area contributed by atoms with Crippen molar-refractivity contribution in [3.63, 3.8) is 0 Å². The van der Waals surface area contributed by atoms with Gasteiger partial charge in [-0.1, -0.05) is 6.07 Å². The van der Waals surface area contributed by atoms with Crippen molar-refractivity contribution in [2.24, 2.45) is 17.8 Å². The second-order valence-corrected chi connectivity index (χ2v) is 17.9. The van der Waals surface area contributed by atoms with Gasteiger partial charge in [0.15, 0.2) is 16.8 Å². The van der Waals surface area contributed by atoms with E-state index >= 15 is 0 Å². The second-order valence-electron chi connectivity index (χ2n) is 17.9. The number of ether oxygens (including phenoxy) is 1. The SMILES string of the molecule is CNCC1CCC(C2CNC(=O)C2)CC12Oc1c(cc3c(=O)cc(C)oc3c1-n1cc3cc[nH]c3c1)CC2OOCC(O)(Cc1ccc(O)c2ccc(O)cc12)C(O)C(O)C(O)CO. The Morgan fingerprint density at radius 2 is 1.83 bits per heavy atom. The van der Waals surface area contributed by atoms with Crippen LogP contribution < -0.4 is 20.8 Å². The average molecular weight is 883 g/mol. The zero-order chi connectivity index (χ0) is 45.1. The lowest BCUT2D eigenvalue weighted by atomic mass is 9.63. The number of carbonyl (C=O) groups excluding carboxylic acids is 1. The van der Waals surface area contributed by atoms with Gasteiger partial charge in [-0.25, -0.2) is 9.78 Å². The molecule has 1 amide bonds. The number of aliphatic hydroxyl groups excluding tert-OH is 4. The molecular formula is C47H54N4O13. The number of carbonyl (C=O) groups is 1. The molecule has 2 aliphatic heterocycles. The molecule has 6 aromatic rings. The van der Waals surface area contributed by atoms with E-state index in [0.29, 0.717) is 82.4 Å². The van der Waals surface area contributed by atoms with Crippen molar-refractivity contribution in [2.75, 3.05) is 33.4 Å². The highest BCUT2D eigenvalue weighted by molar-refractivity contribution is 5.92. The first-order valence-corrected chi connectivity index (χ1v) is 21.7. The van der Waals surface area contributed by atoms with Crippen LogP contribution in [0.2, 0.25) is 0 Å². The predicted octanol–water partition coefficient (Wildman–Crippen LogP) is 2.75. The van der Waals surface area contributed by atoms with Crippen LogP contribution in [0.3, 0.4) is 0 Å². The van der Waals surface area contributed by atoms with Crippen LogP contribution in [0.5, 0.6) is 17.2 Å². The van der Waals surface area contributed by atoms with Gasteiger partial charge in [0.25, 0.3) is 0 Å². The highest BCUT2D eigenvalue weighted by Gasteiger charge is 2.57. The third-order valence-corrected chi connectivity index (χ3v) is 13.8. The summed E-state index contributed by atoms with van der Waals surface area (Å²) in [6, 6.07) is 12.3. The molecule has 0 bridgehead atoms. The molecule has 9 rings (SSSR count). The number of hydrogen-bond acceptors (Lipinski definition) is 14. The standard InChI is InChI=1S/C47H54N4O13/c1-24-11-37(55)34-12-28-13-39(64-61-23-46(60,45(59)42(58)38(56)22-52)16-26-4-8-36(54)32-7-6-31(53)15-33(26)32)47(17-25(3-5-30(47)19-48-2)29-14-40(57)50-18-29)63-43(28)41(44(34)62-24)51-20-27-9-10-49-35(27)21-51/h4,6-12,15,20-21,25,29-30,38-39,42,45,48-49,52-54,56,58-60H,3,5,13-14,16-19,22-23H2,1-2H3,(H,50,57). The molecule has 1 saturated heterocycles. The van der Waals surface area contributed by atoms with Crippen molar-refractivity contribution in [3.8, 4) is 22.9 Å². The smallest absolute Gasteiger partial charge is 0.220 e. The van der Waals surface area contributed by atoms with E-state index in [2.05, 4.69) is 15.6 Å². The lowest BCUT2D eigenvalue weighted by Gasteiger charge is -2.53. The van der Waals surface area contributed by atoms with Crippen LogP contribution in [0.15, 0.2) is 76.3 Å². The predicted molar refractivity (Wildman–Crippen MR) is 233 cm³/mol. The van der Waals surface area contributed by atoms with E-state index in [4.69, 9.17) is 18.9 Å². The lowest BCUT2D eigenvalue weighted by Crippen LogP contribution is -2.63. The Hall–Kier alpha value is -5.50. The van der Waals surface area contributed by atoms with Crippen LogP contribution in [0.4, 0.5) is 0 Å². The number of H-pyrrole nitrogens is 1. The molecule has 64 heavy (non-hydrogen) atoms. The van der Waals surface area contributed by atoms with E-state index < -0.39 is 55.3 Å². The van der Waals surface area contributed by atoms with Crippen molar-refractivity contribution in [3.05, 3.63) is 94.2 Å². The normalized spacial score (nSPS) is 24.7. The van der Waals surface area contributed by atoms with Crippen molar-refractivity contribution >= 4 is 38.6 Å². The molecule has 3 aliphatic rings. The summed E-state index contributed by atoms with van der Waals surface area (Å²) < 4.78 is 15.7. The molecule has 2 fully saturated rings. The Kier molecular flexibility index (Phi) is 11.7. The Morgan fingerprint density at radius 3 is 2.58 bits per heavy atom. The Labute approximate surface area is 366 Å². The number of fused-ring (bicyclic) bond motifs is 4. The average Bonchev–Trinajstić information content (AvgIpc) is 4.02. The summed E-state index contributed by atoms with van der Waals surface area (Å²) in [6.45, 7) is 1.03. The van der Waals surface area contributed by atoms with Gasteiger partial charge < -0.3 is 65.1 Å². The number of nitrogens with zero attached hydrogens (tertiary/aromatic N) is 1. The van der Waals surface area contributed by atoms with Gasteiger partial charge in [0.2, 0.25) is 5.91 Å². The molecule has 17 heteroatoms. The summed E-state index contributed by atoms with van der Waals surface area (Å²) in [4.78, 5) is 42.0. The summed E-state index contributed by atoms with van der Waals surface area (Å²) in [7, 11) is 1.85. The Morgan fingerprint density at radius 1 is 1.00 bits per heavy atom. The lowest BCUT2D eigenvalue weighted by molar-refractivity contribution is -0.378. The van der Waals surface area contributed by atoms with E-state index in [1.807, 2.05) is 36.3 Å². The van der Waals surface area contributed by atoms with Gasteiger partial charge in [-0.15, -0.1) is 0 Å². The largest absolute Gasteiger partial charge is 0.508 e. The van der Waals surface area contributed by atoms with Crippen LogP contribution in [-0.2, 0) is 27.4 Å². The van der Waals surface area contributed by atoms with Gasteiger partial charge in [-0.05, 0) is 92.4 Å². The minimum atomic E-state index is -2.42. The topological polar surface area (TPSA) is 261 Å². The second kappa shape index (κ2) is 17.1. The first-order chi connectivity index (χ1) is 30.7. The van der Waals surface area contributed by atoms with Crippen LogP contribution in [0, 0.1) is 24.7 Å². The van der Waals surface area contributed by atoms with E-state index in [1.165, 1.54) is 36.4 Å². The number of hydrogen-bond donors (Lipinski definition) is 10. The van der Waals surface area contributed by atoms with E-state index in [0.717, 1.165) is 17.3 Å². The number of amides is 1. The quantitative estimate of drug-likeness (QED) is 0.0558. The Bertz CT molecular complexity index is 2740. The molecule has 3 aromatic carbocycles. The van der Waals surface area contributed by atoms with E-state index in [9.17, 15) is 45.3 Å². The number of aromatic amines is 1. The van der Waals surface area contributed by atoms with Crippen LogP contribution >= 0.6 is 0 Å². The minimum absolute atomic E-state index is 0.0153. The van der Waals surface area contributed by atoms with Crippen molar-refractivity contribution in [2.45, 2.75) is 81.1 Å². The van der Waals surface area contributed by atoms with Gasteiger partial charge >= 0.3 is 0 Å². The molecule has 1 aliphatic carbocycles. The first-order valence-electron chi connectivity index (χ1n) is 21.7. The third-order valence-electron chi connectivity index (χ3n) is 13.8. The molecular weight excluding hydrogens is 829 g/mol. The van der Waals surface area contributed by atoms with Crippen LogP contribution in [0.1, 0.15) is 42.6 Å². The number of phenolic OH excluding ortho intramolecular Hbond substituents is 2. The summed E-state index contributed by atoms with van der Waals surface area (Å²) >= 11 is 0. The summed E-state index contributed by atoms with van der Waals surface area (Å²) in [5.41, 5.74) is -1.15. The van der Waals surface area contributed by atoms with Crippen molar-refractivity contribution in [1.29, 1.82) is 0 Å². The molecule has 0 radical (unpaired) electrons. The number of rotatable bonds is 14. The molecule has 340 valence electrons. The van der Waals surface area contributed by atoms with Gasteiger partial charge in [-0.2, -0.15) is 0 Å². The maximum absolute atomic E-state index is 13.7. The molecule has 9 unspecified atom stereocenters. The maximum Gasteiger partial charge on any atom is 0.220 e. The first kappa shape index (κ1) is 43.7. The number of aryl methyl sites for hydroxylation is 1. The number of aliphatic hydroxyl groups is 5. The minimum Gasteiger partial charge on any atom is -0.508 e. The fourth-order valence-electron chi connectivity index (χ4n) is 10.4. The number of phenols is 2. The number of nitrogens with one attached hydrogen (secondary N) is 3. The van der Waals surface area contributed by atoms with Gasteiger partial charge in [0.05, 0.1) is 17.5 Å². The van der Waals surface area contributed by atoms with Crippen LogP contribution in [-0.4, -0.2) is 120 Å². The highest BCUT2D eigenvalue weighted by atomic mass is 17.2.